The zero-order valence-electron chi connectivity index (χ0n) is 16.7. The van der Waals surface area contributed by atoms with Crippen LogP contribution in [0.2, 0.25) is 10.0 Å². The van der Waals surface area contributed by atoms with Crippen LogP contribution in [-0.4, -0.2) is 22.2 Å². The number of fused-ring (bicyclic) bond motifs is 2. The molecular formula is C22H25Cl2NO4. The van der Waals surface area contributed by atoms with Gasteiger partial charge in [0.2, 0.25) is 0 Å². The summed E-state index contributed by atoms with van der Waals surface area (Å²) < 4.78 is 11.7. The molecule has 2 saturated carbocycles. The van der Waals surface area contributed by atoms with Crippen LogP contribution in [0.25, 0.3) is 11.3 Å². The van der Waals surface area contributed by atoms with E-state index in [0.29, 0.717) is 44.3 Å². The van der Waals surface area contributed by atoms with Crippen LogP contribution in [0.15, 0.2) is 22.7 Å². The minimum absolute atomic E-state index is 0.00762. The Labute approximate surface area is 180 Å². The summed E-state index contributed by atoms with van der Waals surface area (Å²) in [6, 6.07) is 5.23. The van der Waals surface area contributed by atoms with E-state index in [1.807, 2.05) is 0 Å². The monoisotopic (exact) mass is 437 g/mol. The largest absolute Gasteiger partial charge is 0.382 e. The number of nitrogens with zero attached hydrogens (tertiary/aromatic N) is 1. The van der Waals surface area contributed by atoms with E-state index in [0.717, 1.165) is 19.3 Å². The third-order valence-electron chi connectivity index (χ3n) is 6.18. The number of aliphatic hydroxyl groups is 1. The molecule has 2 fully saturated rings. The zero-order chi connectivity index (χ0) is 20.9. The molecule has 4 atom stereocenters. The first-order chi connectivity index (χ1) is 13.7. The van der Waals surface area contributed by atoms with Gasteiger partial charge in [0.15, 0.2) is 5.76 Å². The van der Waals surface area contributed by atoms with Crippen LogP contribution in [0.4, 0.5) is 0 Å². The van der Waals surface area contributed by atoms with Crippen molar-refractivity contribution >= 4 is 29.0 Å². The molecule has 156 valence electrons. The first-order valence-corrected chi connectivity index (χ1v) is 10.7. The molecule has 2 aromatic rings. The van der Waals surface area contributed by atoms with Crippen molar-refractivity contribution in [2.45, 2.75) is 58.3 Å². The van der Waals surface area contributed by atoms with Gasteiger partial charge in [0.25, 0.3) is 0 Å². The predicted molar refractivity (Wildman–Crippen MR) is 111 cm³/mol. The molecule has 2 aliphatic carbocycles. The van der Waals surface area contributed by atoms with E-state index in [2.05, 4.69) is 12.1 Å². The van der Waals surface area contributed by atoms with Crippen molar-refractivity contribution in [1.82, 2.24) is 5.16 Å². The SMILES string of the molecule is C[C@H]1C[C@@H]2C[C@@H](OCc3c(-c4c(Cl)cccc4Cl)noc3C(C)(C)O)C[C@H]1C2=O. The molecule has 0 saturated heterocycles. The Balaban J connectivity index is 1.63. The molecule has 1 N–H and O–H groups in total. The Hall–Kier alpha value is -1.40. The van der Waals surface area contributed by atoms with Gasteiger partial charge in [-0.25, -0.2) is 0 Å². The smallest absolute Gasteiger partial charge is 0.173 e. The maximum absolute atomic E-state index is 12.3. The Bertz CT molecular complexity index is 913. The molecular weight excluding hydrogens is 413 g/mol. The number of halogens is 2. The molecule has 7 heteroatoms. The first kappa shape index (κ1) is 20.9. The van der Waals surface area contributed by atoms with E-state index in [1.165, 1.54) is 0 Å². The lowest BCUT2D eigenvalue weighted by Gasteiger charge is -2.28. The molecule has 2 aliphatic rings. The highest BCUT2D eigenvalue weighted by Crippen LogP contribution is 2.45. The molecule has 0 radical (unpaired) electrons. The molecule has 5 nitrogen and oxygen atoms in total. The molecule has 0 spiro atoms. The molecule has 0 aliphatic heterocycles. The van der Waals surface area contributed by atoms with E-state index < -0.39 is 5.60 Å². The highest BCUT2D eigenvalue weighted by atomic mass is 35.5. The van der Waals surface area contributed by atoms with E-state index in [4.69, 9.17) is 32.5 Å². The molecule has 1 aromatic heterocycles. The number of ether oxygens (including phenoxy) is 1. The fourth-order valence-electron chi connectivity index (χ4n) is 4.75. The van der Waals surface area contributed by atoms with Crippen LogP contribution in [0.3, 0.4) is 0 Å². The second-order valence-electron chi connectivity index (χ2n) is 8.82. The maximum Gasteiger partial charge on any atom is 0.173 e. The summed E-state index contributed by atoms with van der Waals surface area (Å²) in [5.74, 6) is 1.32. The molecule has 1 aromatic carbocycles. The van der Waals surface area contributed by atoms with Crippen molar-refractivity contribution in [2.75, 3.05) is 0 Å². The van der Waals surface area contributed by atoms with Crippen LogP contribution >= 0.6 is 23.2 Å². The van der Waals surface area contributed by atoms with Gasteiger partial charge >= 0.3 is 0 Å². The van der Waals surface area contributed by atoms with Crippen LogP contribution in [-0.2, 0) is 21.7 Å². The number of aromatic nitrogens is 1. The number of carbonyl (C=O) groups excluding carboxylic acids is 1. The lowest BCUT2D eigenvalue weighted by molar-refractivity contribution is -0.130. The van der Waals surface area contributed by atoms with E-state index >= 15 is 0 Å². The van der Waals surface area contributed by atoms with E-state index in [-0.39, 0.29) is 24.5 Å². The summed E-state index contributed by atoms with van der Waals surface area (Å²) in [4.78, 5) is 12.3. The first-order valence-electron chi connectivity index (χ1n) is 9.98. The van der Waals surface area contributed by atoms with Crippen LogP contribution in [0.1, 0.15) is 51.4 Å². The van der Waals surface area contributed by atoms with E-state index in [9.17, 15) is 9.90 Å². The quantitative estimate of drug-likeness (QED) is 0.677. The van der Waals surface area contributed by atoms with Crippen molar-refractivity contribution in [3.8, 4) is 11.3 Å². The van der Waals surface area contributed by atoms with Crippen LogP contribution < -0.4 is 0 Å². The van der Waals surface area contributed by atoms with Gasteiger partial charge in [-0.1, -0.05) is 41.3 Å². The molecule has 0 amide bonds. The number of hydrogen-bond acceptors (Lipinski definition) is 5. The molecule has 0 unspecified atom stereocenters. The molecule has 29 heavy (non-hydrogen) atoms. The van der Waals surface area contributed by atoms with Crippen molar-refractivity contribution in [2.24, 2.45) is 17.8 Å². The van der Waals surface area contributed by atoms with Gasteiger partial charge < -0.3 is 14.4 Å². The summed E-state index contributed by atoms with van der Waals surface area (Å²) in [7, 11) is 0. The normalized spacial score (nSPS) is 26.9. The van der Waals surface area contributed by atoms with Crippen LogP contribution in [0, 0.1) is 17.8 Å². The van der Waals surface area contributed by atoms with Gasteiger partial charge in [-0.05, 0) is 51.2 Å². The fourth-order valence-corrected chi connectivity index (χ4v) is 5.33. The number of rotatable bonds is 5. The van der Waals surface area contributed by atoms with Gasteiger partial charge in [-0.2, -0.15) is 0 Å². The standard InChI is InChI=1S/C22H25Cl2NO4/c1-11-7-12-8-13(9-14(11)20(12)26)28-10-15-19(25-29-21(15)22(2,3)27)18-16(23)5-4-6-17(18)24/h4-6,11-14,27H,7-10H2,1-3H3/t11-,12+,13+,14+/m0/s1. The number of Topliss-reactive ketones (excluding diaryl/α,β-unsaturated/α-hetero) is 1. The number of hydrogen-bond donors (Lipinski definition) is 1. The van der Waals surface area contributed by atoms with Crippen molar-refractivity contribution in [1.29, 1.82) is 0 Å². The Morgan fingerprint density at radius 1 is 1.24 bits per heavy atom. The molecule has 1 heterocycles. The summed E-state index contributed by atoms with van der Waals surface area (Å²) in [6.45, 7) is 5.62. The minimum Gasteiger partial charge on any atom is -0.382 e. The van der Waals surface area contributed by atoms with Gasteiger partial charge in [0.1, 0.15) is 17.1 Å². The van der Waals surface area contributed by atoms with Gasteiger partial charge in [-0.15, -0.1) is 0 Å². The third kappa shape index (κ3) is 3.86. The Morgan fingerprint density at radius 3 is 2.55 bits per heavy atom. The Kier molecular flexibility index (Phi) is 5.53. The number of carbonyl (C=O) groups is 1. The number of ketones is 1. The summed E-state index contributed by atoms with van der Waals surface area (Å²) in [5, 5.41) is 15.6. The average Bonchev–Trinajstić information content (AvgIpc) is 3.10. The highest BCUT2D eigenvalue weighted by Gasteiger charge is 2.46. The second kappa shape index (κ2) is 7.69. The minimum atomic E-state index is -1.24. The van der Waals surface area contributed by atoms with Crippen molar-refractivity contribution in [3.63, 3.8) is 0 Å². The summed E-state index contributed by atoms with van der Waals surface area (Å²) >= 11 is 12.8. The zero-order valence-corrected chi connectivity index (χ0v) is 18.3. The summed E-state index contributed by atoms with van der Waals surface area (Å²) in [5.41, 5.74) is 0.417. The van der Waals surface area contributed by atoms with Gasteiger partial charge in [-0.3, -0.25) is 4.79 Å². The van der Waals surface area contributed by atoms with Gasteiger partial charge in [0, 0.05) is 17.4 Å². The lowest BCUT2D eigenvalue weighted by Crippen LogP contribution is -2.32. The summed E-state index contributed by atoms with van der Waals surface area (Å²) in [6.07, 6.45) is 2.42. The maximum atomic E-state index is 12.3. The molecule has 2 bridgehead atoms. The fraction of sp³-hybridized carbons (Fsp3) is 0.545. The third-order valence-corrected chi connectivity index (χ3v) is 6.81. The van der Waals surface area contributed by atoms with Crippen LogP contribution in [0.5, 0.6) is 0 Å². The second-order valence-corrected chi connectivity index (χ2v) is 9.63. The van der Waals surface area contributed by atoms with E-state index in [1.54, 1.807) is 32.0 Å². The average molecular weight is 438 g/mol. The van der Waals surface area contributed by atoms with Gasteiger partial charge in [0.05, 0.1) is 28.3 Å². The highest BCUT2D eigenvalue weighted by molar-refractivity contribution is 6.39. The van der Waals surface area contributed by atoms with Crippen molar-refractivity contribution in [3.05, 3.63) is 39.6 Å². The lowest BCUT2D eigenvalue weighted by atomic mass is 9.84. The predicted octanol–water partition coefficient (Wildman–Crippen LogP) is 5.40. The Morgan fingerprint density at radius 2 is 1.93 bits per heavy atom. The number of benzene rings is 1. The topological polar surface area (TPSA) is 72.6 Å². The van der Waals surface area contributed by atoms with Crippen molar-refractivity contribution < 1.29 is 19.2 Å². The molecule has 4 rings (SSSR count).